The Kier molecular flexibility index (Phi) is 5.74. The molecule has 1 N–H and O–H groups in total. The van der Waals surface area contributed by atoms with Crippen molar-refractivity contribution in [2.45, 2.75) is 18.4 Å². The molecule has 1 aliphatic heterocycles. The fourth-order valence-electron chi connectivity index (χ4n) is 2.62. The zero-order valence-corrected chi connectivity index (χ0v) is 13.1. The summed E-state index contributed by atoms with van der Waals surface area (Å²) in [5.74, 6) is 0.275. The van der Waals surface area contributed by atoms with Gasteiger partial charge in [-0.05, 0) is 50.2 Å². The second-order valence-corrected chi connectivity index (χ2v) is 5.48. The van der Waals surface area contributed by atoms with E-state index in [1.165, 1.54) is 12.1 Å². The van der Waals surface area contributed by atoms with Crippen LogP contribution in [0.5, 0.6) is 5.75 Å². The Hall–Kier alpha value is -1.66. The molecule has 0 aliphatic carbocycles. The Labute approximate surface area is 130 Å². The minimum Gasteiger partial charge on any atom is -0.492 e. The molecule has 1 aromatic rings. The standard InChI is InChI=1S/C16H23FN2O3/c1-19(11-12-22-14-5-3-13(17)4-6-14)15(20)16(21-2)7-9-18-10-8-16/h3-6,18H,7-12H2,1-2H3. The summed E-state index contributed by atoms with van der Waals surface area (Å²) in [5, 5.41) is 3.23. The Bertz CT molecular complexity index is 487. The van der Waals surface area contributed by atoms with Crippen LogP contribution in [0, 0.1) is 5.82 Å². The summed E-state index contributed by atoms with van der Waals surface area (Å²) in [6, 6.07) is 5.83. The average molecular weight is 310 g/mol. The van der Waals surface area contributed by atoms with Crippen molar-refractivity contribution in [3.8, 4) is 5.75 Å². The number of halogens is 1. The molecule has 5 nitrogen and oxygen atoms in total. The molecule has 22 heavy (non-hydrogen) atoms. The summed E-state index contributed by atoms with van der Waals surface area (Å²) in [7, 11) is 3.34. The molecule has 0 unspecified atom stereocenters. The maximum atomic E-state index is 12.8. The van der Waals surface area contributed by atoms with Gasteiger partial charge in [-0.3, -0.25) is 4.79 Å². The van der Waals surface area contributed by atoms with E-state index in [1.807, 2.05) is 0 Å². The number of methoxy groups -OCH3 is 1. The van der Waals surface area contributed by atoms with Gasteiger partial charge in [0.05, 0.1) is 6.54 Å². The first-order valence-corrected chi connectivity index (χ1v) is 7.47. The van der Waals surface area contributed by atoms with Crippen LogP contribution in [0.3, 0.4) is 0 Å². The predicted octanol–water partition coefficient (Wildman–Crippen LogP) is 1.43. The Balaban J connectivity index is 1.84. The van der Waals surface area contributed by atoms with Crippen LogP contribution in [0.25, 0.3) is 0 Å². The average Bonchev–Trinajstić information content (AvgIpc) is 2.56. The SMILES string of the molecule is COC1(C(=O)N(C)CCOc2ccc(F)cc2)CCNCC1. The summed E-state index contributed by atoms with van der Waals surface area (Å²) in [6.07, 6.45) is 1.34. The molecular formula is C16H23FN2O3. The van der Waals surface area contributed by atoms with E-state index in [-0.39, 0.29) is 11.7 Å². The fourth-order valence-corrected chi connectivity index (χ4v) is 2.62. The largest absolute Gasteiger partial charge is 0.492 e. The van der Waals surface area contributed by atoms with Gasteiger partial charge in [0.1, 0.15) is 23.8 Å². The van der Waals surface area contributed by atoms with E-state index in [1.54, 1.807) is 31.2 Å². The summed E-state index contributed by atoms with van der Waals surface area (Å²) in [6.45, 7) is 2.36. The van der Waals surface area contributed by atoms with E-state index in [2.05, 4.69) is 5.32 Å². The lowest BCUT2D eigenvalue weighted by atomic mass is 9.90. The van der Waals surface area contributed by atoms with Gasteiger partial charge < -0.3 is 19.7 Å². The summed E-state index contributed by atoms with van der Waals surface area (Å²) in [4.78, 5) is 14.2. The van der Waals surface area contributed by atoms with Crippen LogP contribution in [0.4, 0.5) is 4.39 Å². The van der Waals surface area contributed by atoms with E-state index in [0.29, 0.717) is 31.7 Å². The number of ether oxygens (including phenoxy) is 2. The number of hydrogen-bond acceptors (Lipinski definition) is 4. The normalized spacial score (nSPS) is 17.0. The maximum Gasteiger partial charge on any atom is 0.254 e. The number of carbonyl (C=O) groups excluding carboxylic acids is 1. The zero-order valence-electron chi connectivity index (χ0n) is 13.1. The monoisotopic (exact) mass is 310 g/mol. The molecule has 1 aromatic carbocycles. The van der Waals surface area contributed by atoms with Crippen LogP contribution in [-0.4, -0.2) is 56.8 Å². The molecule has 1 saturated heterocycles. The lowest BCUT2D eigenvalue weighted by Gasteiger charge is -2.37. The van der Waals surface area contributed by atoms with Crippen molar-refractivity contribution in [1.29, 1.82) is 0 Å². The van der Waals surface area contributed by atoms with Gasteiger partial charge in [-0.1, -0.05) is 0 Å². The van der Waals surface area contributed by atoms with Crippen molar-refractivity contribution in [2.24, 2.45) is 0 Å². The highest BCUT2D eigenvalue weighted by molar-refractivity contribution is 5.85. The number of rotatable bonds is 6. The van der Waals surface area contributed by atoms with Crippen molar-refractivity contribution in [2.75, 3.05) is 40.4 Å². The maximum absolute atomic E-state index is 12.8. The van der Waals surface area contributed by atoms with Crippen LogP contribution >= 0.6 is 0 Å². The number of amides is 1. The van der Waals surface area contributed by atoms with Crippen molar-refractivity contribution in [3.05, 3.63) is 30.1 Å². The molecule has 1 heterocycles. The van der Waals surface area contributed by atoms with E-state index >= 15 is 0 Å². The van der Waals surface area contributed by atoms with E-state index in [4.69, 9.17) is 9.47 Å². The fraction of sp³-hybridized carbons (Fsp3) is 0.562. The molecule has 6 heteroatoms. The lowest BCUT2D eigenvalue weighted by molar-refractivity contribution is -0.157. The van der Waals surface area contributed by atoms with Gasteiger partial charge in [-0.15, -0.1) is 0 Å². The van der Waals surface area contributed by atoms with E-state index < -0.39 is 5.60 Å². The first-order valence-electron chi connectivity index (χ1n) is 7.47. The quantitative estimate of drug-likeness (QED) is 0.864. The highest BCUT2D eigenvalue weighted by Gasteiger charge is 2.41. The molecule has 1 aliphatic rings. The third kappa shape index (κ3) is 3.96. The molecule has 1 fully saturated rings. The van der Waals surface area contributed by atoms with Gasteiger partial charge in [0.15, 0.2) is 0 Å². The van der Waals surface area contributed by atoms with Gasteiger partial charge in [0.25, 0.3) is 5.91 Å². The molecular weight excluding hydrogens is 287 g/mol. The van der Waals surface area contributed by atoms with Gasteiger partial charge in [0, 0.05) is 14.2 Å². The molecule has 0 radical (unpaired) electrons. The Morgan fingerprint density at radius 2 is 1.95 bits per heavy atom. The number of nitrogens with one attached hydrogen (secondary N) is 1. The Morgan fingerprint density at radius 1 is 1.32 bits per heavy atom. The number of nitrogens with zero attached hydrogens (tertiary/aromatic N) is 1. The van der Waals surface area contributed by atoms with Crippen LogP contribution in [0.15, 0.2) is 24.3 Å². The molecule has 1 amide bonds. The highest BCUT2D eigenvalue weighted by Crippen LogP contribution is 2.24. The zero-order chi connectivity index (χ0) is 16.0. The smallest absolute Gasteiger partial charge is 0.254 e. The number of piperidine rings is 1. The number of benzene rings is 1. The third-order valence-corrected chi connectivity index (χ3v) is 4.05. The lowest BCUT2D eigenvalue weighted by Crippen LogP contribution is -2.55. The molecule has 0 atom stereocenters. The molecule has 0 saturated carbocycles. The van der Waals surface area contributed by atoms with Crippen molar-refractivity contribution in [3.63, 3.8) is 0 Å². The van der Waals surface area contributed by atoms with Gasteiger partial charge in [-0.2, -0.15) is 0 Å². The van der Waals surface area contributed by atoms with Gasteiger partial charge >= 0.3 is 0 Å². The van der Waals surface area contributed by atoms with Crippen LogP contribution in [0.1, 0.15) is 12.8 Å². The van der Waals surface area contributed by atoms with E-state index in [9.17, 15) is 9.18 Å². The summed E-state index contributed by atoms with van der Waals surface area (Å²) < 4.78 is 23.9. The van der Waals surface area contributed by atoms with Crippen LogP contribution in [0.2, 0.25) is 0 Å². The molecule has 0 aromatic heterocycles. The van der Waals surface area contributed by atoms with E-state index in [0.717, 1.165) is 13.1 Å². The second-order valence-electron chi connectivity index (χ2n) is 5.48. The topological polar surface area (TPSA) is 50.8 Å². The Morgan fingerprint density at radius 3 is 2.55 bits per heavy atom. The predicted molar refractivity (Wildman–Crippen MR) is 81.4 cm³/mol. The minimum atomic E-state index is -0.726. The van der Waals surface area contributed by atoms with Crippen LogP contribution in [-0.2, 0) is 9.53 Å². The first kappa shape index (κ1) is 16.7. The second kappa shape index (κ2) is 7.56. The molecule has 122 valence electrons. The third-order valence-electron chi connectivity index (χ3n) is 4.05. The van der Waals surface area contributed by atoms with Crippen molar-refractivity contribution in [1.82, 2.24) is 10.2 Å². The minimum absolute atomic E-state index is 0.0146. The van der Waals surface area contributed by atoms with Crippen LogP contribution < -0.4 is 10.1 Å². The number of likely N-dealkylation sites (N-methyl/N-ethyl adjacent to an activating group) is 1. The molecule has 0 bridgehead atoms. The van der Waals surface area contributed by atoms with Gasteiger partial charge in [0.2, 0.25) is 0 Å². The van der Waals surface area contributed by atoms with Crippen molar-refractivity contribution < 1.29 is 18.7 Å². The summed E-state index contributed by atoms with van der Waals surface area (Å²) >= 11 is 0. The molecule has 2 rings (SSSR count). The number of hydrogen-bond donors (Lipinski definition) is 1. The first-order chi connectivity index (χ1) is 10.6. The number of carbonyl (C=O) groups is 1. The highest BCUT2D eigenvalue weighted by atomic mass is 19.1. The van der Waals surface area contributed by atoms with Gasteiger partial charge in [-0.25, -0.2) is 4.39 Å². The molecule has 0 spiro atoms. The summed E-state index contributed by atoms with van der Waals surface area (Å²) in [5.41, 5.74) is -0.726. The van der Waals surface area contributed by atoms with Crippen molar-refractivity contribution >= 4 is 5.91 Å².